The van der Waals surface area contributed by atoms with Crippen molar-refractivity contribution in [2.24, 2.45) is 7.05 Å². The van der Waals surface area contributed by atoms with Crippen molar-refractivity contribution in [3.63, 3.8) is 0 Å². The van der Waals surface area contributed by atoms with Gasteiger partial charge in [0.15, 0.2) is 0 Å². The average Bonchev–Trinajstić information content (AvgIpc) is 3.13. The number of nitrogens with zero attached hydrogens (tertiary/aromatic N) is 1. The minimum Gasteiger partial charge on any atom is -0.497 e. The average molecular weight is 399 g/mol. The molecule has 0 amide bonds. The number of rotatable bonds is 5. The molecule has 0 aliphatic heterocycles. The summed E-state index contributed by atoms with van der Waals surface area (Å²) < 4.78 is 12.9. The Morgan fingerprint density at radius 3 is 2.17 bits per heavy atom. The number of fused-ring (bicyclic) bond motifs is 1. The van der Waals surface area contributed by atoms with Crippen molar-refractivity contribution >= 4 is 16.9 Å². The lowest BCUT2D eigenvalue weighted by Gasteiger charge is -2.32. The van der Waals surface area contributed by atoms with E-state index in [1.165, 1.54) is 7.11 Å². The zero-order valence-corrected chi connectivity index (χ0v) is 17.7. The van der Waals surface area contributed by atoms with Gasteiger partial charge in [0, 0.05) is 29.7 Å². The molecule has 1 unspecified atom stereocenters. The molecule has 4 heteroatoms. The minimum absolute atomic E-state index is 0.324. The molecule has 0 bridgehead atoms. The molecule has 0 fully saturated rings. The molecule has 0 saturated heterocycles. The third kappa shape index (κ3) is 2.88. The third-order valence-electron chi connectivity index (χ3n) is 5.85. The number of ether oxygens (including phenoxy) is 2. The largest absolute Gasteiger partial charge is 0.497 e. The van der Waals surface area contributed by atoms with E-state index in [0.29, 0.717) is 0 Å². The van der Waals surface area contributed by atoms with Gasteiger partial charge < -0.3 is 14.0 Å². The minimum atomic E-state index is -1.12. The Morgan fingerprint density at radius 1 is 0.867 bits per heavy atom. The zero-order valence-electron chi connectivity index (χ0n) is 17.7. The highest BCUT2D eigenvalue weighted by molar-refractivity contribution is 6.00. The molecule has 30 heavy (non-hydrogen) atoms. The monoisotopic (exact) mass is 399 g/mol. The lowest BCUT2D eigenvalue weighted by Crippen LogP contribution is -2.39. The maximum Gasteiger partial charge on any atom is 0.325 e. The van der Waals surface area contributed by atoms with Crippen LogP contribution in [0.4, 0.5) is 0 Å². The summed E-state index contributed by atoms with van der Waals surface area (Å²) in [5, 5.41) is 1.06. The van der Waals surface area contributed by atoms with E-state index in [-0.39, 0.29) is 5.97 Å². The molecule has 0 radical (unpaired) electrons. The van der Waals surface area contributed by atoms with E-state index in [4.69, 9.17) is 9.47 Å². The number of aryl methyl sites for hydroxylation is 2. The summed E-state index contributed by atoms with van der Waals surface area (Å²) in [5.74, 6) is 0.411. The highest BCUT2D eigenvalue weighted by Gasteiger charge is 2.47. The normalized spacial score (nSPS) is 13.1. The quantitative estimate of drug-likeness (QED) is 0.443. The fourth-order valence-electron chi connectivity index (χ4n) is 4.41. The maximum atomic E-state index is 13.7. The molecule has 3 aromatic carbocycles. The van der Waals surface area contributed by atoms with Crippen molar-refractivity contribution < 1.29 is 14.3 Å². The van der Waals surface area contributed by atoms with E-state index in [1.54, 1.807) is 7.11 Å². The van der Waals surface area contributed by atoms with E-state index >= 15 is 0 Å². The van der Waals surface area contributed by atoms with Crippen LogP contribution in [-0.2, 0) is 22.0 Å². The number of methoxy groups -OCH3 is 2. The van der Waals surface area contributed by atoms with Gasteiger partial charge in [-0.05, 0) is 41.8 Å². The summed E-state index contributed by atoms with van der Waals surface area (Å²) in [5.41, 5.74) is 3.66. The smallest absolute Gasteiger partial charge is 0.325 e. The van der Waals surface area contributed by atoms with Crippen molar-refractivity contribution in [2.75, 3.05) is 14.2 Å². The molecule has 4 nitrogen and oxygen atoms in total. The Bertz CT molecular complexity index is 1190. The van der Waals surface area contributed by atoms with Gasteiger partial charge >= 0.3 is 5.97 Å². The van der Waals surface area contributed by atoms with E-state index in [0.717, 1.165) is 38.9 Å². The predicted molar refractivity (Wildman–Crippen MR) is 119 cm³/mol. The fraction of sp³-hybridized carbons (Fsp3) is 0.192. The number of aromatic nitrogens is 1. The molecule has 4 aromatic rings. The Hall–Kier alpha value is -3.53. The third-order valence-corrected chi connectivity index (χ3v) is 5.85. The number of hydrogen-bond donors (Lipinski definition) is 0. The Morgan fingerprint density at radius 2 is 1.53 bits per heavy atom. The highest BCUT2D eigenvalue weighted by Crippen LogP contribution is 2.45. The number of esters is 1. The Balaban J connectivity index is 2.17. The molecule has 1 atom stereocenters. The first kappa shape index (κ1) is 19.8. The summed E-state index contributed by atoms with van der Waals surface area (Å²) in [7, 11) is 5.09. The van der Waals surface area contributed by atoms with Crippen LogP contribution in [0, 0.1) is 6.92 Å². The molecule has 0 saturated carbocycles. The summed E-state index contributed by atoms with van der Waals surface area (Å²) in [4.78, 5) is 13.7. The second-order valence-corrected chi connectivity index (χ2v) is 7.46. The number of benzene rings is 3. The maximum absolute atomic E-state index is 13.7. The zero-order chi connectivity index (χ0) is 21.3. The van der Waals surface area contributed by atoms with E-state index in [2.05, 4.69) is 23.6 Å². The van der Waals surface area contributed by atoms with Crippen LogP contribution < -0.4 is 4.74 Å². The van der Waals surface area contributed by atoms with E-state index in [9.17, 15) is 4.79 Å². The summed E-state index contributed by atoms with van der Waals surface area (Å²) >= 11 is 0. The van der Waals surface area contributed by atoms with E-state index < -0.39 is 5.41 Å². The van der Waals surface area contributed by atoms with Gasteiger partial charge in [-0.2, -0.15) is 0 Å². The van der Waals surface area contributed by atoms with Crippen LogP contribution in [0.1, 0.15) is 22.3 Å². The van der Waals surface area contributed by atoms with Gasteiger partial charge in [0.2, 0.25) is 0 Å². The Kier molecular flexibility index (Phi) is 5.08. The topological polar surface area (TPSA) is 40.5 Å². The van der Waals surface area contributed by atoms with Gasteiger partial charge in [-0.1, -0.05) is 54.6 Å². The van der Waals surface area contributed by atoms with Gasteiger partial charge in [-0.15, -0.1) is 0 Å². The molecule has 1 aromatic heterocycles. The number of carbonyl (C=O) groups excluding carboxylic acids is 1. The van der Waals surface area contributed by atoms with Crippen LogP contribution >= 0.6 is 0 Å². The Labute approximate surface area is 176 Å². The van der Waals surface area contributed by atoms with Crippen LogP contribution in [0.5, 0.6) is 5.75 Å². The van der Waals surface area contributed by atoms with E-state index in [1.807, 2.05) is 73.9 Å². The summed E-state index contributed by atoms with van der Waals surface area (Å²) in [6.45, 7) is 2.08. The predicted octanol–water partition coefficient (Wildman–Crippen LogP) is 5.00. The van der Waals surface area contributed by atoms with Crippen molar-refractivity contribution in [2.45, 2.75) is 12.3 Å². The van der Waals surface area contributed by atoms with Gasteiger partial charge in [0.25, 0.3) is 0 Å². The second kappa shape index (κ2) is 7.71. The first-order valence-electron chi connectivity index (χ1n) is 9.87. The number of hydrogen-bond acceptors (Lipinski definition) is 3. The second-order valence-electron chi connectivity index (χ2n) is 7.46. The molecule has 0 aliphatic rings. The molecular weight excluding hydrogens is 374 g/mol. The summed E-state index contributed by atoms with van der Waals surface area (Å²) in [6.07, 6.45) is 2.05. The van der Waals surface area contributed by atoms with Gasteiger partial charge in [0.05, 0.1) is 14.2 Å². The van der Waals surface area contributed by atoms with Crippen LogP contribution in [0.3, 0.4) is 0 Å². The van der Waals surface area contributed by atoms with Crippen molar-refractivity contribution in [3.8, 4) is 5.75 Å². The van der Waals surface area contributed by atoms with Crippen molar-refractivity contribution in [3.05, 3.63) is 101 Å². The lowest BCUT2D eigenvalue weighted by atomic mass is 9.69. The lowest BCUT2D eigenvalue weighted by molar-refractivity contribution is -0.144. The molecule has 0 N–H and O–H groups in total. The van der Waals surface area contributed by atoms with Gasteiger partial charge in [-0.25, -0.2) is 0 Å². The first-order chi connectivity index (χ1) is 14.5. The molecule has 0 aliphatic carbocycles. The van der Waals surface area contributed by atoms with Gasteiger partial charge in [0.1, 0.15) is 11.2 Å². The van der Waals surface area contributed by atoms with Crippen LogP contribution in [0.2, 0.25) is 0 Å². The van der Waals surface area contributed by atoms with Crippen molar-refractivity contribution in [1.29, 1.82) is 0 Å². The summed E-state index contributed by atoms with van der Waals surface area (Å²) in [6, 6.07) is 23.7. The SMILES string of the molecule is COC(=O)C(c1ccccc1)(c1ccc(OC)cc1)c1cn(C)c2cccc(C)c12. The first-order valence-corrected chi connectivity index (χ1v) is 9.87. The standard InChI is InChI=1S/C26H25NO3/c1-18-9-8-12-23-24(18)22(17-27(23)2)26(25(28)30-4,19-10-6-5-7-11-19)20-13-15-21(29-3)16-14-20/h5-17H,1-4H3. The number of carbonyl (C=O) groups is 1. The molecular formula is C26H25NO3. The fourth-order valence-corrected chi connectivity index (χ4v) is 4.41. The van der Waals surface area contributed by atoms with Crippen LogP contribution in [-0.4, -0.2) is 24.8 Å². The van der Waals surface area contributed by atoms with Crippen LogP contribution in [0.25, 0.3) is 10.9 Å². The van der Waals surface area contributed by atoms with Crippen LogP contribution in [0.15, 0.2) is 79.0 Å². The molecule has 152 valence electrons. The highest BCUT2D eigenvalue weighted by atomic mass is 16.5. The van der Waals surface area contributed by atoms with Crippen molar-refractivity contribution in [1.82, 2.24) is 4.57 Å². The molecule has 0 spiro atoms. The molecule has 1 heterocycles. The van der Waals surface area contributed by atoms with Gasteiger partial charge in [-0.3, -0.25) is 4.79 Å². The molecule has 4 rings (SSSR count).